The number of nitrogens with zero attached hydrogens (tertiary/aromatic N) is 3. The van der Waals surface area contributed by atoms with Crippen LogP contribution in [0.2, 0.25) is 0 Å². The molecule has 62 heavy (non-hydrogen) atoms. The normalized spacial score (nSPS) is 16.9. The molecule has 0 spiro atoms. The Balaban J connectivity index is 1.21. The van der Waals surface area contributed by atoms with E-state index in [-0.39, 0.29) is 29.0 Å². The third-order valence-corrected chi connectivity index (χ3v) is 16.1. The van der Waals surface area contributed by atoms with Crippen LogP contribution in [-0.4, -0.2) is 12.8 Å². The molecule has 1 aromatic heterocycles. The van der Waals surface area contributed by atoms with Crippen molar-refractivity contribution < 1.29 is 0 Å². The second kappa shape index (κ2) is 14.0. The summed E-state index contributed by atoms with van der Waals surface area (Å²) in [5, 5.41) is 1.34. The number of benzene rings is 6. The minimum absolute atomic E-state index is 0.00274. The maximum atomic E-state index is 2.73. The van der Waals surface area contributed by atoms with Gasteiger partial charge in [-0.15, -0.1) is 11.3 Å². The first-order chi connectivity index (χ1) is 29.7. The van der Waals surface area contributed by atoms with Gasteiger partial charge in [-0.3, -0.25) is 0 Å². The maximum Gasteiger partial charge on any atom is 0.259 e. The van der Waals surface area contributed by atoms with Gasteiger partial charge in [0.05, 0.1) is 32.7 Å². The number of fused-ring (bicyclic) bond motifs is 9. The van der Waals surface area contributed by atoms with Crippen LogP contribution in [0.25, 0.3) is 10.1 Å². The summed E-state index contributed by atoms with van der Waals surface area (Å²) in [7, 11) is 0. The first kappa shape index (κ1) is 39.4. The molecule has 308 valence electrons. The number of thiophene rings is 1. The lowest BCUT2D eigenvalue weighted by Crippen LogP contribution is -2.60. The Kier molecular flexibility index (Phi) is 8.93. The summed E-state index contributed by atoms with van der Waals surface area (Å²) < 4.78 is 2.81. The van der Waals surface area contributed by atoms with Crippen LogP contribution in [0.3, 0.4) is 0 Å². The number of para-hydroxylation sites is 2. The molecule has 0 amide bonds. The van der Waals surface area contributed by atoms with Crippen molar-refractivity contribution in [3.63, 3.8) is 0 Å². The Bertz CT molecular complexity index is 2980. The van der Waals surface area contributed by atoms with Crippen LogP contribution in [0.5, 0.6) is 0 Å². The van der Waals surface area contributed by atoms with Crippen LogP contribution in [0.1, 0.15) is 85.4 Å². The Hall–Kier alpha value is -5.43. The van der Waals surface area contributed by atoms with Crippen molar-refractivity contribution in [2.24, 2.45) is 0 Å². The summed E-state index contributed by atoms with van der Waals surface area (Å²) in [5.74, 6) is 0. The molecule has 1 unspecified atom stereocenters. The molecule has 0 N–H and O–H groups in total. The van der Waals surface area contributed by atoms with E-state index in [4.69, 9.17) is 0 Å². The maximum absolute atomic E-state index is 2.73. The van der Waals surface area contributed by atoms with E-state index in [1.54, 1.807) is 0 Å². The fourth-order valence-corrected chi connectivity index (χ4v) is 12.9. The van der Waals surface area contributed by atoms with Gasteiger partial charge in [0.2, 0.25) is 0 Å². The minimum Gasteiger partial charge on any atom is -0.334 e. The van der Waals surface area contributed by atoms with Gasteiger partial charge in [0, 0.05) is 43.5 Å². The topological polar surface area (TPSA) is 9.72 Å². The first-order valence-corrected chi connectivity index (χ1v) is 23.9. The molecular formula is C56H54BN3S2. The molecule has 0 bridgehead atoms. The van der Waals surface area contributed by atoms with Gasteiger partial charge in [-0.05, 0) is 123 Å². The number of anilines is 7. The largest absolute Gasteiger partial charge is 0.334 e. The van der Waals surface area contributed by atoms with Crippen molar-refractivity contribution in [3.05, 3.63) is 173 Å². The Morgan fingerprint density at radius 3 is 1.84 bits per heavy atom. The van der Waals surface area contributed by atoms with E-state index < -0.39 is 0 Å². The van der Waals surface area contributed by atoms with Crippen LogP contribution in [0.4, 0.5) is 39.8 Å². The quantitative estimate of drug-likeness (QED) is 0.164. The summed E-state index contributed by atoms with van der Waals surface area (Å²) in [6, 6.07) is 51.0. The average Bonchev–Trinajstić information content (AvgIpc) is 3.64. The van der Waals surface area contributed by atoms with Gasteiger partial charge < -0.3 is 14.7 Å². The first-order valence-electron chi connectivity index (χ1n) is 22.2. The zero-order valence-electron chi connectivity index (χ0n) is 37.4. The molecule has 3 nitrogen and oxygen atoms in total. The van der Waals surface area contributed by atoms with Crippen molar-refractivity contribution >= 4 is 89.9 Å². The van der Waals surface area contributed by atoms with E-state index in [1.807, 2.05) is 23.1 Å². The van der Waals surface area contributed by atoms with Crippen LogP contribution in [-0.2, 0) is 16.2 Å². The molecule has 4 heterocycles. The van der Waals surface area contributed by atoms with E-state index in [2.05, 4.69) is 223 Å². The molecule has 6 heteroatoms. The Labute approximate surface area is 376 Å². The summed E-state index contributed by atoms with van der Waals surface area (Å²) in [6.07, 6.45) is 5.81. The molecule has 1 atom stereocenters. The van der Waals surface area contributed by atoms with Crippen molar-refractivity contribution in [2.75, 3.05) is 14.7 Å². The lowest BCUT2D eigenvalue weighted by atomic mass is 9.34. The van der Waals surface area contributed by atoms with E-state index in [0.717, 1.165) is 6.42 Å². The minimum atomic E-state index is -0.00274. The molecule has 11 rings (SSSR count). The van der Waals surface area contributed by atoms with Crippen LogP contribution < -0.4 is 24.9 Å². The zero-order chi connectivity index (χ0) is 42.9. The molecule has 0 fully saturated rings. The molecule has 3 aliphatic heterocycles. The molecule has 0 saturated carbocycles. The lowest BCUT2D eigenvalue weighted by Gasteiger charge is -2.49. The van der Waals surface area contributed by atoms with Crippen LogP contribution in [0, 0.1) is 0 Å². The van der Waals surface area contributed by atoms with E-state index in [0.29, 0.717) is 0 Å². The second-order valence-corrected chi connectivity index (χ2v) is 22.7. The standard InChI is InChI=1S/C56H54BN3S2/c1-54(2,3)35-22-27-39(28-23-35)58-43-32-26-37(56(7,8)9)34-42(43)57-49-45(58)19-15-20-46(49)60(40-29-24-36(25-30-40)55(4,5)6)50-41-31-33-47-52(51(41)62-53(50)57)61-48-21-14-13-18-44(48)59(47)38-16-11-10-12-17-38/h10-19,21-34,46H,20H2,1-9H3. The molecule has 6 aromatic carbocycles. The van der Waals surface area contributed by atoms with Crippen molar-refractivity contribution in [1.29, 1.82) is 0 Å². The summed E-state index contributed by atoms with van der Waals surface area (Å²) in [4.78, 5) is 10.4. The highest BCUT2D eigenvalue weighted by Gasteiger charge is 2.50. The van der Waals surface area contributed by atoms with E-state index >= 15 is 0 Å². The number of hydrogen-bond acceptors (Lipinski definition) is 5. The highest BCUT2D eigenvalue weighted by molar-refractivity contribution is 8.00. The molecule has 4 aliphatic rings. The molecule has 0 saturated heterocycles. The second-order valence-electron chi connectivity index (χ2n) is 20.6. The smallest absolute Gasteiger partial charge is 0.259 e. The summed E-state index contributed by atoms with van der Waals surface area (Å²) >= 11 is 3.96. The van der Waals surface area contributed by atoms with Gasteiger partial charge in [0.25, 0.3) is 6.71 Å². The molecule has 1 aliphatic carbocycles. The number of hydrogen-bond donors (Lipinski definition) is 0. The highest BCUT2D eigenvalue weighted by atomic mass is 32.2. The van der Waals surface area contributed by atoms with Crippen molar-refractivity contribution in [2.45, 2.75) is 101 Å². The third kappa shape index (κ3) is 6.15. The number of rotatable bonds is 3. The molecule has 0 radical (unpaired) electrons. The number of allylic oxidation sites excluding steroid dienone is 1. The lowest BCUT2D eigenvalue weighted by molar-refractivity contribution is 0.590. The van der Waals surface area contributed by atoms with Crippen molar-refractivity contribution in [1.82, 2.24) is 0 Å². The van der Waals surface area contributed by atoms with Gasteiger partial charge in [0.1, 0.15) is 0 Å². The van der Waals surface area contributed by atoms with Gasteiger partial charge >= 0.3 is 0 Å². The Morgan fingerprint density at radius 1 is 0.565 bits per heavy atom. The van der Waals surface area contributed by atoms with Crippen LogP contribution in [0.15, 0.2) is 167 Å². The van der Waals surface area contributed by atoms with Gasteiger partial charge in [0.15, 0.2) is 0 Å². The van der Waals surface area contributed by atoms with Crippen LogP contribution >= 0.6 is 23.1 Å². The van der Waals surface area contributed by atoms with Gasteiger partial charge in [-0.1, -0.05) is 147 Å². The third-order valence-electron chi connectivity index (χ3n) is 13.5. The van der Waals surface area contributed by atoms with Crippen molar-refractivity contribution in [3.8, 4) is 0 Å². The average molecular weight is 844 g/mol. The molecule has 7 aromatic rings. The van der Waals surface area contributed by atoms with E-state index in [1.165, 1.54) is 97.8 Å². The molecular weight excluding hydrogens is 790 g/mol. The van der Waals surface area contributed by atoms with Gasteiger partial charge in [-0.25, -0.2) is 0 Å². The Morgan fingerprint density at radius 2 is 1.16 bits per heavy atom. The fourth-order valence-electron chi connectivity index (χ4n) is 10.2. The SMILES string of the molecule is CC(C)(C)c1ccc(N2C3=C4B(c5cc(C(C)(C)C)ccc52)c2sc5c6c(ccc5c2N(c2ccc(C(C)(C)C)cc2)C4CC=C3)N(c2ccccc2)c2ccccc2S6)cc1. The predicted octanol–water partition coefficient (Wildman–Crippen LogP) is 14.8. The highest BCUT2D eigenvalue weighted by Crippen LogP contribution is 2.57. The predicted molar refractivity (Wildman–Crippen MR) is 270 cm³/mol. The van der Waals surface area contributed by atoms with Gasteiger partial charge in [-0.2, -0.15) is 0 Å². The summed E-state index contributed by atoms with van der Waals surface area (Å²) in [5.41, 5.74) is 17.2. The fraction of sp³-hybridized carbons (Fsp3) is 0.250. The van der Waals surface area contributed by atoms with E-state index in [9.17, 15) is 0 Å². The summed E-state index contributed by atoms with van der Waals surface area (Å²) in [6.45, 7) is 21.0. The zero-order valence-corrected chi connectivity index (χ0v) is 39.0. The monoisotopic (exact) mass is 843 g/mol.